The molecular formula is C34H59NO9P+. The fourth-order valence-electron chi connectivity index (χ4n) is 4.42. The zero-order valence-corrected chi connectivity index (χ0v) is 29.3. The molecule has 1 aromatic carbocycles. The van der Waals surface area contributed by atoms with Crippen LogP contribution in [0.4, 0.5) is 0 Å². The van der Waals surface area contributed by atoms with Crippen molar-refractivity contribution in [2.24, 2.45) is 0 Å². The monoisotopic (exact) mass is 656 g/mol. The quantitative estimate of drug-likeness (QED) is 0.0338. The topological polar surface area (TPSA) is 118 Å². The first-order valence-corrected chi connectivity index (χ1v) is 18.0. The van der Waals surface area contributed by atoms with Crippen LogP contribution in [0.15, 0.2) is 30.3 Å². The van der Waals surface area contributed by atoms with E-state index in [4.69, 9.17) is 23.3 Å². The number of hydrogen-bond acceptors (Lipinski definition) is 8. The minimum Gasteiger partial charge on any atom is -0.497 e. The van der Waals surface area contributed by atoms with Crippen molar-refractivity contribution in [3.8, 4) is 5.75 Å². The Kier molecular flexibility index (Phi) is 21.8. The summed E-state index contributed by atoms with van der Waals surface area (Å²) in [7, 11) is 2.91. The van der Waals surface area contributed by atoms with Crippen LogP contribution in [0.5, 0.6) is 5.75 Å². The minimum atomic E-state index is -4.41. The van der Waals surface area contributed by atoms with E-state index in [2.05, 4.69) is 6.92 Å². The average molecular weight is 657 g/mol. The first-order chi connectivity index (χ1) is 21.4. The number of phosphoric acid groups is 1. The number of likely N-dealkylation sites (N-methyl/N-ethyl adjacent to an activating group) is 1. The van der Waals surface area contributed by atoms with E-state index in [1.807, 2.05) is 21.1 Å². The summed E-state index contributed by atoms with van der Waals surface area (Å²) in [5.41, 5.74) is 0.717. The highest BCUT2D eigenvalue weighted by Crippen LogP contribution is 2.43. The molecule has 0 spiro atoms. The average Bonchev–Trinajstić information content (AvgIpc) is 2.99. The molecule has 0 amide bonds. The van der Waals surface area contributed by atoms with Crippen molar-refractivity contribution < 1.29 is 46.8 Å². The van der Waals surface area contributed by atoms with Gasteiger partial charge in [-0.15, -0.1) is 0 Å². The lowest BCUT2D eigenvalue weighted by Crippen LogP contribution is -2.37. The maximum Gasteiger partial charge on any atom is 0.472 e. The Labute approximate surface area is 271 Å². The van der Waals surface area contributed by atoms with Crippen LogP contribution < -0.4 is 4.74 Å². The molecule has 45 heavy (non-hydrogen) atoms. The lowest BCUT2D eigenvalue weighted by Gasteiger charge is -2.24. The van der Waals surface area contributed by atoms with Gasteiger partial charge < -0.3 is 23.6 Å². The number of rotatable bonds is 27. The van der Waals surface area contributed by atoms with Gasteiger partial charge in [0.2, 0.25) is 0 Å². The number of phosphoric ester groups is 1. The second-order valence-electron chi connectivity index (χ2n) is 12.5. The summed E-state index contributed by atoms with van der Waals surface area (Å²) in [4.78, 5) is 35.0. The highest BCUT2D eigenvalue weighted by atomic mass is 31.2. The molecule has 0 aliphatic carbocycles. The Morgan fingerprint density at radius 2 is 1.49 bits per heavy atom. The van der Waals surface area contributed by atoms with Gasteiger partial charge in [-0.05, 0) is 30.2 Å². The number of quaternary nitrogens is 1. The first-order valence-electron chi connectivity index (χ1n) is 16.5. The lowest BCUT2D eigenvalue weighted by atomic mass is 10.0. The maximum atomic E-state index is 12.5. The van der Waals surface area contributed by atoms with Crippen molar-refractivity contribution in [2.45, 2.75) is 103 Å². The van der Waals surface area contributed by atoms with E-state index in [1.165, 1.54) is 70.3 Å². The van der Waals surface area contributed by atoms with Gasteiger partial charge in [-0.25, -0.2) is 9.36 Å². The van der Waals surface area contributed by atoms with Crippen LogP contribution in [0.2, 0.25) is 0 Å². The van der Waals surface area contributed by atoms with Crippen LogP contribution in [0.1, 0.15) is 102 Å². The van der Waals surface area contributed by atoms with Crippen molar-refractivity contribution in [1.82, 2.24) is 0 Å². The van der Waals surface area contributed by atoms with Gasteiger partial charge in [0.15, 0.2) is 6.10 Å². The summed E-state index contributed by atoms with van der Waals surface area (Å²) in [6, 6.07) is 7.11. The van der Waals surface area contributed by atoms with E-state index in [-0.39, 0.29) is 19.6 Å². The maximum absolute atomic E-state index is 12.5. The molecule has 1 aromatic rings. The van der Waals surface area contributed by atoms with Crippen LogP contribution in [0, 0.1) is 0 Å². The molecule has 2 atom stereocenters. The summed E-state index contributed by atoms with van der Waals surface area (Å²) >= 11 is 0. The van der Waals surface area contributed by atoms with Crippen molar-refractivity contribution >= 4 is 25.8 Å². The number of esters is 2. The van der Waals surface area contributed by atoms with E-state index in [0.717, 1.165) is 12.8 Å². The standard InChI is InChI=1S/C34H58NO9P/c1-6-7-8-9-10-11-12-13-14-15-16-17-18-22-33(36)41-28-32(29-43-45(38,39)42-26-25-35(2,3)4)44-34(37)24-23-30-20-19-21-31(27-30)40-5/h19-21,23-24,27,32H,6-18,22,25-26,28-29H2,1-5H3/p+1/t32-/m1/s1. The number of methoxy groups -OCH3 is 1. The number of nitrogens with zero attached hydrogens (tertiary/aromatic N) is 1. The van der Waals surface area contributed by atoms with Crippen LogP contribution in [-0.2, 0) is 32.7 Å². The van der Waals surface area contributed by atoms with E-state index < -0.39 is 32.5 Å². The highest BCUT2D eigenvalue weighted by Gasteiger charge is 2.26. The van der Waals surface area contributed by atoms with Crippen LogP contribution in [0.25, 0.3) is 6.08 Å². The summed E-state index contributed by atoms with van der Waals surface area (Å²) in [6.07, 6.45) is 17.6. The van der Waals surface area contributed by atoms with Gasteiger partial charge in [-0.3, -0.25) is 13.8 Å². The third-order valence-corrected chi connectivity index (χ3v) is 8.13. The number of carbonyl (C=O) groups excluding carboxylic acids is 2. The number of benzene rings is 1. The molecular weight excluding hydrogens is 597 g/mol. The van der Waals surface area contributed by atoms with Gasteiger partial charge >= 0.3 is 19.8 Å². The van der Waals surface area contributed by atoms with Gasteiger partial charge in [-0.2, -0.15) is 0 Å². The molecule has 0 saturated heterocycles. The zero-order valence-electron chi connectivity index (χ0n) is 28.4. The predicted octanol–water partition coefficient (Wildman–Crippen LogP) is 7.48. The third kappa shape index (κ3) is 23.7. The zero-order chi connectivity index (χ0) is 33.4. The SMILES string of the molecule is CCCCCCCCCCCCCCCC(=O)OC[C@H](COP(=O)(O)OCC[N+](C)(C)C)OC(=O)C=Cc1cccc(OC)c1. The molecule has 10 nitrogen and oxygen atoms in total. The molecule has 0 aromatic heterocycles. The summed E-state index contributed by atoms with van der Waals surface area (Å²) in [6.45, 7) is 1.93. The smallest absolute Gasteiger partial charge is 0.472 e. The van der Waals surface area contributed by atoms with Crippen molar-refractivity contribution in [1.29, 1.82) is 0 Å². The predicted molar refractivity (Wildman–Crippen MR) is 178 cm³/mol. The number of carbonyl (C=O) groups is 2. The molecule has 0 fully saturated rings. The molecule has 1 rings (SSSR count). The van der Waals surface area contributed by atoms with E-state index in [1.54, 1.807) is 37.5 Å². The third-order valence-electron chi connectivity index (χ3n) is 7.14. The van der Waals surface area contributed by atoms with Crippen molar-refractivity contribution in [2.75, 3.05) is 54.6 Å². The second-order valence-corrected chi connectivity index (χ2v) is 13.9. The molecule has 258 valence electrons. The Hall–Kier alpha value is -2.23. The van der Waals surface area contributed by atoms with Gasteiger partial charge in [0.1, 0.15) is 25.5 Å². The highest BCUT2D eigenvalue weighted by molar-refractivity contribution is 7.47. The van der Waals surface area contributed by atoms with Crippen molar-refractivity contribution in [3.63, 3.8) is 0 Å². The fourth-order valence-corrected chi connectivity index (χ4v) is 5.16. The molecule has 0 bridgehead atoms. The van der Waals surface area contributed by atoms with Gasteiger partial charge in [-0.1, -0.05) is 96.1 Å². The summed E-state index contributed by atoms with van der Waals surface area (Å²) in [5, 5.41) is 0. The molecule has 1 unspecified atom stereocenters. The van der Waals surface area contributed by atoms with Gasteiger partial charge in [0, 0.05) is 12.5 Å². The van der Waals surface area contributed by atoms with Gasteiger partial charge in [0.25, 0.3) is 0 Å². The molecule has 1 N–H and O–H groups in total. The largest absolute Gasteiger partial charge is 0.497 e. The number of ether oxygens (including phenoxy) is 3. The van der Waals surface area contributed by atoms with Crippen LogP contribution in [-0.4, -0.2) is 82.0 Å². The molecule has 0 saturated carbocycles. The Balaban J connectivity index is 2.47. The van der Waals surface area contributed by atoms with Gasteiger partial charge in [0.05, 0.1) is 34.9 Å². The Bertz CT molecular complexity index is 1030. The first kappa shape index (κ1) is 40.8. The summed E-state index contributed by atoms with van der Waals surface area (Å²) in [5.74, 6) is -0.508. The lowest BCUT2D eigenvalue weighted by molar-refractivity contribution is -0.870. The fraction of sp³-hybridized carbons (Fsp3) is 0.706. The second kappa shape index (κ2) is 24.0. The number of hydrogen-bond donors (Lipinski definition) is 1. The van der Waals surface area contributed by atoms with E-state index in [9.17, 15) is 19.0 Å². The molecule has 0 aliphatic rings. The van der Waals surface area contributed by atoms with E-state index >= 15 is 0 Å². The van der Waals surface area contributed by atoms with Crippen LogP contribution in [0.3, 0.4) is 0 Å². The molecule has 11 heteroatoms. The molecule has 0 aliphatic heterocycles. The minimum absolute atomic E-state index is 0.000874. The summed E-state index contributed by atoms with van der Waals surface area (Å²) < 4.78 is 39.0. The van der Waals surface area contributed by atoms with Crippen LogP contribution >= 0.6 is 7.82 Å². The molecule has 0 heterocycles. The van der Waals surface area contributed by atoms with E-state index in [0.29, 0.717) is 28.8 Å². The van der Waals surface area contributed by atoms with Crippen molar-refractivity contribution in [3.05, 3.63) is 35.9 Å². The number of unbranched alkanes of at least 4 members (excludes halogenated alkanes) is 12. The Morgan fingerprint density at radius 3 is 2.07 bits per heavy atom. The molecule has 0 radical (unpaired) electrons. The normalized spacial score (nSPS) is 13.8. The Morgan fingerprint density at radius 1 is 0.889 bits per heavy atom.